The highest BCUT2D eigenvalue weighted by Gasteiger charge is 2.31. The van der Waals surface area contributed by atoms with Gasteiger partial charge in [-0.3, -0.25) is 9.69 Å². The van der Waals surface area contributed by atoms with Crippen LogP contribution in [0.4, 0.5) is 0 Å². The third-order valence-electron chi connectivity index (χ3n) is 3.55. The van der Waals surface area contributed by atoms with Crippen molar-refractivity contribution in [3.63, 3.8) is 0 Å². The Kier molecular flexibility index (Phi) is 3.85. The Labute approximate surface area is 102 Å². The molecule has 2 aliphatic rings. The number of hydrogen-bond donors (Lipinski definition) is 0. The number of hydrogen-bond acceptors (Lipinski definition) is 5. The molecular weight excluding hydrogens is 242 g/mol. The molecule has 2 aliphatic heterocycles. The molecule has 0 aromatic carbocycles. The van der Waals surface area contributed by atoms with Gasteiger partial charge in [-0.15, -0.1) is 0 Å². The van der Waals surface area contributed by atoms with Crippen LogP contribution >= 0.6 is 0 Å². The lowest BCUT2D eigenvalue weighted by molar-refractivity contribution is -0.124. The van der Waals surface area contributed by atoms with Crippen molar-refractivity contribution >= 4 is 15.6 Å². The van der Waals surface area contributed by atoms with E-state index in [-0.39, 0.29) is 29.2 Å². The molecule has 0 aromatic heterocycles. The van der Waals surface area contributed by atoms with Crippen molar-refractivity contribution in [2.75, 3.05) is 37.8 Å². The van der Waals surface area contributed by atoms with Gasteiger partial charge in [-0.25, -0.2) is 8.42 Å². The molecule has 2 unspecified atom stereocenters. The van der Waals surface area contributed by atoms with E-state index in [2.05, 4.69) is 0 Å². The normalized spacial score (nSPS) is 33.7. The molecule has 0 bridgehead atoms. The number of Topliss-reactive ketones (excluding diaryl/α,β-unsaturated/α-hetero) is 1. The minimum Gasteiger partial charge on any atom is -0.381 e. The van der Waals surface area contributed by atoms with Crippen molar-refractivity contribution in [2.24, 2.45) is 5.92 Å². The second-order valence-electron chi connectivity index (χ2n) is 4.96. The molecule has 2 fully saturated rings. The van der Waals surface area contributed by atoms with E-state index in [9.17, 15) is 13.2 Å². The highest BCUT2D eigenvalue weighted by Crippen LogP contribution is 2.16. The molecule has 6 heteroatoms. The fraction of sp³-hybridized carbons (Fsp3) is 0.909. The fourth-order valence-electron chi connectivity index (χ4n) is 2.39. The van der Waals surface area contributed by atoms with Gasteiger partial charge in [0, 0.05) is 25.1 Å². The van der Waals surface area contributed by atoms with Crippen LogP contribution in [0, 0.1) is 5.92 Å². The molecule has 5 nitrogen and oxygen atoms in total. The topological polar surface area (TPSA) is 63.7 Å². The lowest BCUT2D eigenvalue weighted by atomic mass is 10.0. The lowest BCUT2D eigenvalue weighted by Gasteiger charge is -2.32. The van der Waals surface area contributed by atoms with Crippen LogP contribution in [-0.2, 0) is 19.4 Å². The quantitative estimate of drug-likeness (QED) is 0.698. The summed E-state index contributed by atoms with van der Waals surface area (Å²) in [6.45, 7) is 3.91. The zero-order valence-corrected chi connectivity index (χ0v) is 10.9. The molecule has 2 heterocycles. The maximum Gasteiger partial charge on any atom is 0.153 e. The number of ketones is 1. The summed E-state index contributed by atoms with van der Waals surface area (Å²) >= 11 is 0. The molecule has 0 radical (unpaired) electrons. The molecule has 0 amide bonds. The van der Waals surface area contributed by atoms with Crippen molar-refractivity contribution in [1.82, 2.24) is 4.90 Å². The maximum atomic E-state index is 11.9. The van der Waals surface area contributed by atoms with Gasteiger partial charge in [0.05, 0.1) is 24.7 Å². The van der Waals surface area contributed by atoms with Gasteiger partial charge in [0.15, 0.2) is 15.6 Å². The maximum absolute atomic E-state index is 11.9. The number of nitrogens with zero attached hydrogens (tertiary/aromatic N) is 1. The van der Waals surface area contributed by atoms with E-state index in [0.717, 1.165) is 6.42 Å². The third-order valence-corrected chi connectivity index (χ3v) is 5.35. The first-order valence-corrected chi connectivity index (χ1v) is 7.85. The van der Waals surface area contributed by atoms with Crippen LogP contribution < -0.4 is 0 Å². The summed E-state index contributed by atoms with van der Waals surface area (Å²) in [6, 6.07) is -0.0555. The van der Waals surface area contributed by atoms with E-state index in [0.29, 0.717) is 26.3 Å². The number of carbonyl (C=O) groups excluding carboxylic acids is 1. The Morgan fingerprint density at radius 1 is 1.47 bits per heavy atom. The van der Waals surface area contributed by atoms with E-state index in [1.807, 2.05) is 11.8 Å². The molecule has 0 N–H and O–H groups in total. The first kappa shape index (κ1) is 13.0. The van der Waals surface area contributed by atoms with Gasteiger partial charge in [-0.2, -0.15) is 0 Å². The summed E-state index contributed by atoms with van der Waals surface area (Å²) in [5.74, 6) is 0.544. The van der Waals surface area contributed by atoms with Crippen LogP contribution in [0.15, 0.2) is 0 Å². The predicted octanol–water partition coefficient (Wildman–Crippen LogP) is -0.289. The molecule has 98 valence electrons. The highest BCUT2D eigenvalue weighted by atomic mass is 32.2. The lowest BCUT2D eigenvalue weighted by Crippen LogP contribution is -2.49. The monoisotopic (exact) mass is 261 g/mol. The SMILES string of the molecule is CC1CS(=O)(=O)CCN1CC(=O)C1CCOC1. The van der Waals surface area contributed by atoms with Crippen LogP contribution in [0.3, 0.4) is 0 Å². The first-order valence-electron chi connectivity index (χ1n) is 6.03. The van der Waals surface area contributed by atoms with Crippen LogP contribution in [0.25, 0.3) is 0 Å². The zero-order valence-electron chi connectivity index (χ0n) is 10.1. The Morgan fingerprint density at radius 2 is 2.24 bits per heavy atom. The van der Waals surface area contributed by atoms with Gasteiger partial charge in [0.2, 0.25) is 0 Å². The van der Waals surface area contributed by atoms with Crippen molar-refractivity contribution in [2.45, 2.75) is 19.4 Å². The second-order valence-corrected chi connectivity index (χ2v) is 7.19. The summed E-state index contributed by atoms with van der Waals surface area (Å²) in [7, 11) is -2.90. The van der Waals surface area contributed by atoms with E-state index in [1.54, 1.807) is 0 Å². The van der Waals surface area contributed by atoms with Gasteiger partial charge in [0.1, 0.15) is 0 Å². The molecule has 0 aromatic rings. The summed E-state index contributed by atoms with van der Waals surface area (Å²) in [6.07, 6.45) is 0.805. The van der Waals surface area contributed by atoms with Crippen molar-refractivity contribution in [1.29, 1.82) is 0 Å². The van der Waals surface area contributed by atoms with Gasteiger partial charge in [0.25, 0.3) is 0 Å². The summed E-state index contributed by atoms with van der Waals surface area (Å²) in [5, 5.41) is 0. The standard InChI is InChI=1S/C11H19NO4S/c1-9-8-17(14,15)5-3-12(9)6-11(13)10-2-4-16-7-10/h9-10H,2-8H2,1H3. The Hall–Kier alpha value is -0.460. The first-order chi connectivity index (χ1) is 7.98. The Bertz CT molecular complexity index is 386. The van der Waals surface area contributed by atoms with Crippen molar-refractivity contribution in [3.05, 3.63) is 0 Å². The molecule has 0 spiro atoms. The summed E-state index contributed by atoms with van der Waals surface area (Å²) in [4.78, 5) is 13.9. The predicted molar refractivity (Wildman–Crippen MR) is 63.6 cm³/mol. The van der Waals surface area contributed by atoms with Crippen molar-refractivity contribution in [3.8, 4) is 0 Å². The van der Waals surface area contributed by atoms with E-state index < -0.39 is 9.84 Å². The van der Waals surface area contributed by atoms with E-state index in [1.165, 1.54) is 0 Å². The molecule has 0 aliphatic carbocycles. The van der Waals surface area contributed by atoms with Crippen molar-refractivity contribution < 1.29 is 17.9 Å². The average molecular weight is 261 g/mol. The number of ether oxygens (including phenoxy) is 1. The van der Waals surface area contributed by atoms with Gasteiger partial charge < -0.3 is 4.74 Å². The Morgan fingerprint density at radius 3 is 2.82 bits per heavy atom. The highest BCUT2D eigenvalue weighted by molar-refractivity contribution is 7.91. The van der Waals surface area contributed by atoms with Gasteiger partial charge in [-0.05, 0) is 13.3 Å². The average Bonchev–Trinajstić information content (AvgIpc) is 2.74. The summed E-state index contributed by atoms with van der Waals surface area (Å²) in [5.41, 5.74) is 0. The summed E-state index contributed by atoms with van der Waals surface area (Å²) < 4.78 is 28.0. The van der Waals surface area contributed by atoms with Gasteiger partial charge in [-0.1, -0.05) is 0 Å². The van der Waals surface area contributed by atoms with E-state index >= 15 is 0 Å². The molecular formula is C11H19NO4S. The minimum absolute atomic E-state index is 0.0146. The fourth-order valence-corrected chi connectivity index (χ4v) is 4.01. The van der Waals surface area contributed by atoms with Crippen LogP contribution in [-0.4, -0.2) is 63.0 Å². The largest absolute Gasteiger partial charge is 0.381 e. The van der Waals surface area contributed by atoms with Crippen LogP contribution in [0.2, 0.25) is 0 Å². The van der Waals surface area contributed by atoms with Crippen LogP contribution in [0.5, 0.6) is 0 Å². The molecule has 2 rings (SSSR count). The molecule has 17 heavy (non-hydrogen) atoms. The number of carbonyl (C=O) groups is 1. The van der Waals surface area contributed by atoms with Crippen LogP contribution in [0.1, 0.15) is 13.3 Å². The Balaban J connectivity index is 1.89. The molecule has 2 saturated heterocycles. The number of rotatable bonds is 3. The minimum atomic E-state index is -2.90. The van der Waals surface area contributed by atoms with Gasteiger partial charge >= 0.3 is 0 Å². The zero-order chi connectivity index (χ0) is 12.5. The second kappa shape index (κ2) is 5.04. The molecule has 2 atom stereocenters. The third kappa shape index (κ3) is 3.26. The number of sulfone groups is 1. The molecule has 0 saturated carbocycles. The smallest absolute Gasteiger partial charge is 0.153 e. The van der Waals surface area contributed by atoms with E-state index in [4.69, 9.17) is 4.74 Å².